The number of methoxy groups -OCH3 is 1. The molecule has 0 amide bonds. The summed E-state index contributed by atoms with van der Waals surface area (Å²) in [5.41, 5.74) is 3.61. The van der Waals surface area contributed by atoms with Gasteiger partial charge in [-0.25, -0.2) is 9.50 Å². The summed E-state index contributed by atoms with van der Waals surface area (Å²) in [6, 6.07) is 7.30. The number of rotatable bonds is 6. The van der Waals surface area contributed by atoms with Crippen LogP contribution >= 0.6 is 0 Å². The number of aromatic nitrogens is 8. The van der Waals surface area contributed by atoms with E-state index in [1.54, 1.807) is 35.2 Å². The van der Waals surface area contributed by atoms with Crippen molar-refractivity contribution >= 4 is 11.3 Å². The number of ether oxygens (including phenoxy) is 3. The van der Waals surface area contributed by atoms with Gasteiger partial charge in [0.2, 0.25) is 5.82 Å². The van der Waals surface area contributed by atoms with Gasteiger partial charge >= 0.3 is 0 Å². The Morgan fingerprint density at radius 1 is 1.09 bits per heavy atom. The fraction of sp³-hybridized carbons (Fsp3) is 0.364. The van der Waals surface area contributed by atoms with E-state index in [2.05, 4.69) is 25.6 Å². The Labute approximate surface area is 193 Å². The molecule has 0 saturated carbocycles. The fourth-order valence-electron chi connectivity index (χ4n) is 4.03. The predicted molar refractivity (Wildman–Crippen MR) is 118 cm³/mol. The van der Waals surface area contributed by atoms with E-state index in [1.165, 1.54) is 0 Å². The maximum Gasteiger partial charge on any atom is 0.275 e. The Morgan fingerprint density at radius 3 is 2.76 bits per heavy atom. The average molecular weight is 462 g/mol. The van der Waals surface area contributed by atoms with Crippen molar-refractivity contribution in [1.29, 1.82) is 0 Å². The summed E-state index contributed by atoms with van der Waals surface area (Å²) in [7, 11) is 1.55. The first-order valence-electron chi connectivity index (χ1n) is 11.0. The number of hydrogen-bond donors (Lipinski definition) is 0. The van der Waals surface area contributed by atoms with Crippen molar-refractivity contribution in [3.05, 3.63) is 47.6 Å². The van der Waals surface area contributed by atoms with Gasteiger partial charge in [0.1, 0.15) is 12.4 Å². The van der Waals surface area contributed by atoms with Gasteiger partial charge in [-0.3, -0.25) is 0 Å². The molecule has 6 heterocycles. The Bertz CT molecular complexity index is 1470. The molecule has 0 unspecified atom stereocenters. The average Bonchev–Trinajstić information content (AvgIpc) is 3.59. The third-order valence-electron chi connectivity index (χ3n) is 5.79. The first-order chi connectivity index (χ1) is 16.7. The number of aryl methyl sites for hydroxylation is 1. The Morgan fingerprint density at radius 2 is 1.97 bits per heavy atom. The molecule has 0 radical (unpaired) electrons. The van der Waals surface area contributed by atoms with Crippen LogP contribution in [-0.4, -0.2) is 59.9 Å². The second kappa shape index (κ2) is 8.37. The third-order valence-corrected chi connectivity index (χ3v) is 5.79. The highest BCUT2D eigenvalue weighted by molar-refractivity contribution is 5.56. The quantitative estimate of drug-likeness (QED) is 0.371. The molecular formula is C22H22N8O4. The first kappa shape index (κ1) is 20.5. The van der Waals surface area contributed by atoms with Crippen molar-refractivity contribution in [2.24, 2.45) is 0 Å². The molecule has 6 rings (SSSR count). The van der Waals surface area contributed by atoms with E-state index in [9.17, 15) is 0 Å². The van der Waals surface area contributed by atoms with Crippen LogP contribution in [0.15, 0.2) is 35.0 Å². The molecule has 0 aromatic carbocycles. The van der Waals surface area contributed by atoms with Crippen LogP contribution in [-0.2, 0) is 11.3 Å². The Kier molecular flexibility index (Phi) is 5.06. The zero-order chi connectivity index (χ0) is 23.1. The van der Waals surface area contributed by atoms with Crippen LogP contribution < -0.4 is 9.47 Å². The van der Waals surface area contributed by atoms with Crippen molar-refractivity contribution in [1.82, 2.24) is 39.6 Å². The van der Waals surface area contributed by atoms with Crippen LogP contribution in [0.3, 0.4) is 0 Å². The lowest BCUT2D eigenvalue weighted by Gasteiger charge is -2.19. The summed E-state index contributed by atoms with van der Waals surface area (Å²) in [6.07, 6.45) is 3.95. The van der Waals surface area contributed by atoms with Gasteiger partial charge in [0.25, 0.3) is 5.88 Å². The minimum absolute atomic E-state index is 0.191. The molecule has 1 fully saturated rings. The summed E-state index contributed by atoms with van der Waals surface area (Å²) in [5.74, 6) is 2.23. The van der Waals surface area contributed by atoms with E-state index in [1.807, 2.05) is 18.3 Å². The summed E-state index contributed by atoms with van der Waals surface area (Å²) in [5, 5.41) is 21.5. The van der Waals surface area contributed by atoms with Crippen LogP contribution in [0.25, 0.3) is 22.8 Å². The van der Waals surface area contributed by atoms with Crippen molar-refractivity contribution in [3.63, 3.8) is 0 Å². The lowest BCUT2D eigenvalue weighted by atomic mass is 9.97. The lowest BCUT2D eigenvalue weighted by Crippen LogP contribution is -2.14. The van der Waals surface area contributed by atoms with E-state index in [-0.39, 0.29) is 12.5 Å². The van der Waals surface area contributed by atoms with Crippen LogP contribution in [0.4, 0.5) is 0 Å². The second-order valence-corrected chi connectivity index (χ2v) is 8.10. The Hall–Kier alpha value is -4.06. The molecule has 1 aliphatic heterocycles. The molecule has 1 aliphatic rings. The zero-order valence-corrected chi connectivity index (χ0v) is 18.7. The maximum absolute atomic E-state index is 5.99. The lowest BCUT2D eigenvalue weighted by molar-refractivity contribution is 0.0846. The van der Waals surface area contributed by atoms with E-state index in [0.29, 0.717) is 34.6 Å². The van der Waals surface area contributed by atoms with Gasteiger partial charge in [-0.1, -0.05) is 5.16 Å². The Balaban J connectivity index is 1.26. The van der Waals surface area contributed by atoms with Gasteiger partial charge in [0, 0.05) is 31.3 Å². The smallest absolute Gasteiger partial charge is 0.275 e. The number of fused-ring (bicyclic) bond motifs is 2. The molecule has 12 heteroatoms. The second-order valence-electron chi connectivity index (χ2n) is 8.10. The minimum Gasteiger partial charge on any atom is -0.491 e. The molecular weight excluding hydrogens is 440 g/mol. The fourth-order valence-corrected chi connectivity index (χ4v) is 4.03. The third kappa shape index (κ3) is 3.71. The highest BCUT2D eigenvalue weighted by Crippen LogP contribution is 2.29. The van der Waals surface area contributed by atoms with Crippen LogP contribution in [0.2, 0.25) is 0 Å². The highest BCUT2D eigenvalue weighted by Gasteiger charge is 2.20. The highest BCUT2D eigenvalue weighted by atomic mass is 16.5. The summed E-state index contributed by atoms with van der Waals surface area (Å²) in [4.78, 5) is 4.73. The predicted octanol–water partition coefficient (Wildman–Crippen LogP) is 2.61. The number of nitrogens with zero attached hydrogens (tertiary/aromatic N) is 8. The summed E-state index contributed by atoms with van der Waals surface area (Å²) < 4.78 is 25.4. The molecule has 5 aromatic heterocycles. The van der Waals surface area contributed by atoms with Crippen LogP contribution in [0.5, 0.6) is 11.6 Å². The first-order valence-corrected chi connectivity index (χ1v) is 11.0. The monoisotopic (exact) mass is 462 g/mol. The molecule has 5 aromatic rings. The topological polar surface area (TPSA) is 127 Å². The van der Waals surface area contributed by atoms with Gasteiger partial charge in [-0.2, -0.15) is 9.61 Å². The molecule has 0 atom stereocenters. The van der Waals surface area contributed by atoms with Crippen molar-refractivity contribution in [3.8, 4) is 23.1 Å². The SMILES string of the molecule is COc1cc2nnc(-c3cc(C)on3)n2nc1OCc1ccc2nc(C3CCOCC3)cn2n1. The van der Waals surface area contributed by atoms with Gasteiger partial charge in [0.15, 0.2) is 22.7 Å². The standard InChI is InChI=1S/C22H22N8O4/c1-13-9-16(28-34-13)21-25-24-20-10-18(31-2)22(27-30(20)21)33-12-15-3-4-19-23-17(11-29(19)26-15)14-5-7-32-8-6-14/h3-4,9-11,14H,5-8,12H2,1-2H3. The van der Waals surface area contributed by atoms with Crippen molar-refractivity contribution < 1.29 is 18.7 Å². The summed E-state index contributed by atoms with van der Waals surface area (Å²) in [6.45, 7) is 3.54. The van der Waals surface area contributed by atoms with Gasteiger partial charge in [-0.05, 0) is 31.9 Å². The van der Waals surface area contributed by atoms with E-state index in [0.717, 1.165) is 43.1 Å². The molecule has 174 valence electrons. The van der Waals surface area contributed by atoms with E-state index in [4.69, 9.17) is 23.7 Å². The van der Waals surface area contributed by atoms with Crippen LogP contribution in [0, 0.1) is 6.92 Å². The molecule has 34 heavy (non-hydrogen) atoms. The molecule has 1 saturated heterocycles. The van der Waals surface area contributed by atoms with E-state index < -0.39 is 0 Å². The van der Waals surface area contributed by atoms with Gasteiger partial charge < -0.3 is 18.7 Å². The van der Waals surface area contributed by atoms with Crippen LogP contribution in [0.1, 0.15) is 35.9 Å². The van der Waals surface area contributed by atoms with Crippen molar-refractivity contribution in [2.45, 2.75) is 32.3 Å². The van der Waals surface area contributed by atoms with Gasteiger partial charge in [-0.15, -0.1) is 15.3 Å². The minimum atomic E-state index is 0.191. The largest absolute Gasteiger partial charge is 0.491 e. The maximum atomic E-state index is 5.99. The molecule has 12 nitrogen and oxygen atoms in total. The molecule has 0 spiro atoms. The summed E-state index contributed by atoms with van der Waals surface area (Å²) >= 11 is 0. The normalized spacial score (nSPS) is 14.8. The molecule has 0 bridgehead atoms. The number of hydrogen-bond acceptors (Lipinski definition) is 10. The molecule has 0 N–H and O–H groups in total. The van der Waals surface area contributed by atoms with Crippen molar-refractivity contribution in [2.75, 3.05) is 20.3 Å². The number of imidazole rings is 1. The van der Waals surface area contributed by atoms with Gasteiger partial charge in [0.05, 0.1) is 24.7 Å². The molecule has 0 aliphatic carbocycles. The van der Waals surface area contributed by atoms with E-state index >= 15 is 0 Å². The zero-order valence-electron chi connectivity index (χ0n) is 18.7.